The van der Waals surface area contributed by atoms with Crippen molar-refractivity contribution in [1.82, 2.24) is 9.80 Å². The Morgan fingerprint density at radius 2 is 1.96 bits per heavy atom. The van der Waals surface area contributed by atoms with Crippen molar-refractivity contribution in [3.63, 3.8) is 0 Å². The Labute approximate surface area is 138 Å². The number of carbonyl (C=O) groups excluding carboxylic acids is 1. The minimum absolute atomic E-state index is 0.0511. The summed E-state index contributed by atoms with van der Waals surface area (Å²) in [6.45, 7) is 0.646. The maximum atomic E-state index is 12.9. The third-order valence-corrected chi connectivity index (χ3v) is 4.96. The zero-order valence-electron chi connectivity index (χ0n) is 13.3. The normalized spacial score (nSPS) is 28.5. The van der Waals surface area contributed by atoms with E-state index in [1.54, 1.807) is 0 Å². The molecule has 0 bridgehead atoms. The van der Waals surface area contributed by atoms with E-state index in [1.807, 2.05) is 35.2 Å². The fourth-order valence-corrected chi connectivity index (χ4v) is 3.54. The first-order valence-corrected chi connectivity index (χ1v) is 8.16. The van der Waals surface area contributed by atoms with Gasteiger partial charge in [-0.25, -0.2) is 0 Å². The van der Waals surface area contributed by atoms with Gasteiger partial charge in [-0.2, -0.15) is 13.2 Å². The van der Waals surface area contributed by atoms with Crippen molar-refractivity contribution in [2.75, 3.05) is 19.6 Å². The van der Waals surface area contributed by atoms with Crippen molar-refractivity contribution >= 4 is 5.91 Å². The second-order valence-electron chi connectivity index (χ2n) is 6.65. The first kappa shape index (κ1) is 17.2. The lowest BCUT2D eigenvalue weighted by atomic mass is 10.0. The topological polar surface area (TPSA) is 43.8 Å². The lowest BCUT2D eigenvalue weighted by molar-refractivity contribution is -0.253. The molecule has 1 aromatic rings. The molecule has 2 unspecified atom stereocenters. The average molecular weight is 342 g/mol. The molecule has 24 heavy (non-hydrogen) atoms. The highest BCUT2D eigenvalue weighted by Gasteiger charge is 2.58. The van der Waals surface area contributed by atoms with Gasteiger partial charge in [-0.05, 0) is 24.9 Å². The molecule has 0 radical (unpaired) electrons. The van der Waals surface area contributed by atoms with Gasteiger partial charge < -0.3 is 10.0 Å². The summed E-state index contributed by atoms with van der Waals surface area (Å²) in [6.07, 6.45) is -3.66. The number of likely N-dealkylation sites (tertiary alicyclic amines) is 2. The van der Waals surface area contributed by atoms with Crippen molar-refractivity contribution in [2.45, 2.75) is 43.6 Å². The van der Waals surface area contributed by atoms with Crippen molar-refractivity contribution in [3.8, 4) is 0 Å². The van der Waals surface area contributed by atoms with Gasteiger partial charge in [-0.15, -0.1) is 0 Å². The molecule has 2 aliphatic rings. The molecule has 0 saturated carbocycles. The standard InChI is InChI=1S/C17H21F3N2O2/c18-17(19,20)16(24)8-10-22(12-16)15(23)14-7-4-9-21(14)11-13-5-2-1-3-6-13/h1-3,5-6,14,24H,4,7-12H2. The van der Waals surface area contributed by atoms with Crippen LogP contribution >= 0.6 is 0 Å². The van der Waals surface area contributed by atoms with E-state index in [0.717, 1.165) is 18.5 Å². The average Bonchev–Trinajstić information content (AvgIpc) is 3.15. The Balaban J connectivity index is 1.66. The predicted octanol–water partition coefficient (Wildman–Crippen LogP) is 2.18. The largest absolute Gasteiger partial charge is 0.419 e. The molecule has 3 rings (SSSR count). The predicted molar refractivity (Wildman–Crippen MR) is 82.1 cm³/mol. The highest BCUT2D eigenvalue weighted by Crippen LogP contribution is 2.38. The fraction of sp³-hybridized carbons (Fsp3) is 0.588. The molecule has 132 valence electrons. The number of halogens is 3. The van der Waals surface area contributed by atoms with Crippen LogP contribution < -0.4 is 0 Å². The number of alkyl halides is 3. The summed E-state index contributed by atoms with van der Waals surface area (Å²) in [4.78, 5) is 15.9. The number of carbonyl (C=O) groups is 1. The summed E-state index contributed by atoms with van der Waals surface area (Å²) in [5, 5.41) is 9.76. The molecule has 1 N–H and O–H groups in total. The highest BCUT2D eigenvalue weighted by molar-refractivity contribution is 5.82. The molecule has 2 atom stereocenters. The summed E-state index contributed by atoms with van der Waals surface area (Å²) in [5.74, 6) is -0.302. The van der Waals surface area contributed by atoms with E-state index in [-0.39, 0.29) is 12.5 Å². The third-order valence-electron chi connectivity index (χ3n) is 4.96. The van der Waals surface area contributed by atoms with Crippen molar-refractivity contribution < 1.29 is 23.1 Å². The first-order valence-electron chi connectivity index (χ1n) is 8.16. The van der Waals surface area contributed by atoms with Gasteiger partial charge in [0.2, 0.25) is 5.91 Å². The number of nitrogens with zero attached hydrogens (tertiary/aromatic N) is 2. The van der Waals surface area contributed by atoms with E-state index in [9.17, 15) is 23.1 Å². The summed E-state index contributed by atoms with van der Waals surface area (Å²) < 4.78 is 38.8. The van der Waals surface area contributed by atoms with Crippen molar-refractivity contribution in [1.29, 1.82) is 0 Å². The molecular weight excluding hydrogens is 321 g/mol. The van der Waals surface area contributed by atoms with Crippen LogP contribution in [-0.2, 0) is 11.3 Å². The molecular formula is C17H21F3N2O2. The number of rotatable bonds is 3. The third kappa shape index (κ3) is 3.28. The zero-order valence-corrected chi connectivity index (χ0v) is 13.3. The van der Waals surface area contributed by atoms with Crippen LogP contribution in [0.15, 0.2) is 30.3 Å². The van der Waals surface area contributed by atoms with E-state index in [1.165, 1.54) is 4.90 Å². The van der Waals surface area contributed by atoms with E-state index in [0.29, 0.717) is 13.0 Å². The van der Waals surface area contributed by atoms with E-state index in [2.05, 4.69) is 0 Å². The Bertz CT molecular complexity index is 593. The van der Waals surface area contributed by atoms with Crippen LogP contribution in [-0.4, -0.2) is 58.3 Å². The lowest BCUT2D eigenvalue weighted by Crippen LogP contribution is -2.50. The number of amides is 1. The number of β-amino-alcohol motifs (C(OH)–C–C–N with tert-alkyl or cyclic N) is 1. The molecule has 7 heteroatoms. The Morgan fingerprint density at radius 3 is 2.58 bits per heavy atom. The molecule has 1 aromatic carbocycles. The number of hydrogen-bond donors (Lipinski definition) is 1. The fourth-order valence-electron chi connectivity index (χ4n) is 3.54. The molecule has 2 aliphatic heterocycles. The van der Waals surface area contributed by atoms with Crippen LogP contribution in [0.1, 0.15) is 24.8 Å². The Kier molecular flexibility index (Phi) is 4.57. The van der Waals surface area contributed by atoms with Gasteiger partial charge in [0.1, 0.15) is 0 Å². The van der Waals surface area contributed by atoms with Crippen molar-refractivity contribution in [2.24, 2.45) is 0 Å². The summed E-state index contributed by atoms with van der Waals surface area (Å²) in [6, 6.07) is 9.30. The minimum atomic E-state index is -4.71. The summed E-state index contributed by atoms with van der Waals surface area (Å²) >= 11 is 0. The Hall–Kier alpha value is -1.60. The van der Waals surface area contributed by atoms with Gasteiger partial charge in [-0.1, -0.05) is 30.3 Å². The SMILES string of the molecule is O=C(C1CCCN1Cc1ccccc1)N1CCC(O)(C(F)(F)F)C1. The molecule has 0 spiro atoms. The second-order valence-corrected chi connectivity index (χ2v) is 6.65. The maximum Gasteiger partial charge on any atom is 0.419 e. The van der Waals surface area contributed by atoms with E-state index < -0.39 is 30.8 Å². The number of hydrogen-bond acceptors (Lipinski definition) is 3. The molecule has 2 saturated heterocycles. The van der Waals surface area contributed by atoms with E-state index in [4.69, 9.17) is 0 Å². The first-order chi connectivity index (χ1) is 11.3. The van der Waals surface area contributed by atoms with Crippen molar-refractivity contribution in [3.05, 3.63) is 35.9 Å². The minimum Gasteiger partial charge on any atom is -0.379 e. The Morgan fingerprint density at radius 1 is 1.25 bits per heavy atom. The van der Waals surface area contributed by atoms with Crippen LogP contribution in [0.5, 0.6) is 0 Å². The monoisotopic (exact) mass is 342 g/mol. The van der Waals surface area contributed by atoms with Crippen LogP contribution in [0, 0.1) is 0 Å². The quantitative estimate of drug-likeness (QED) is 0.916. The highest BCUT2D eigenvalue weighted by atomic mass is 19.4. The van der Waals surface area contributed by atoms with Crippen LogP contribution in [0.25, 0.3) is 0 Å². The summed E-state index contributed by atoms with van der Waals surface area (Å²) in [5.41, 5.74) is -1.70. The van der Waals surface area contributed by atoms with Gasteiger partial charge in [-0.3, -0.25) is 9.69 Å². The van der Waals surface area contributed by atoms with Gasteiger partial charge in [0.05, 0.1) is 12.6 Å². The molecule has 0 aliphatic carbocycles. The summed E-state index contributed by atoms with van der Waals surface area (Å²) in [7, 11) is 0. The van der Waals surface area contributed by atoms with Crippen LogP contribution in [0.4, 0.5) is 13.2 Å². The van der Waals surface area contributed by atoms with Gasteiger partial charge >= 0.3 is 6.18 Å². The molecule has 2 fully saturated rings. The second kappa shape index (κ2) is 6.37. The molecule has 1 amide bonds. The van der Waals surface area contributed by atoms with Gasteiger partial charge in [0.25, 0.3) is 0 Å². The molecule has 2 heterocycles. The van der Waals surface area contributed by atoms with Crippen LogP contribution in [0.3, 0.4) is 0 Å². The smallest absolute Gasteiger partial charge is 0.379 e. The lowest BCUT2D eigenvalue weighted by Gasteiger charge is -2.29. The van der Waals surface area contributed by atoms with Gasteiger partial charge in [0.15, 0.2) is 5.60 Å². The van der Waals surface area contributed by atoms with E-state index >= 15 is 0 Å². The number of benzene rings is 1. The molecule has 0 aromatic heterocycles. The van der Waals surface area contributed by atoms with Crippen LogP contribution in [0.2, 0.25) is 0 Å². The van der Waals surface area contributed by atoms with Gasteiger partial charge in [0, 0.05) is 19.5 Å². The maximum absolute atomic E-state index is 12.9. The molecule has 4 nitrogen and oxygen atoms in total. The number of aliphatic hydroxyl groups is 1. The zero-order chi connectivity index (χ0) is 17.4.